The number of carbonyl (C=O) groups is 6. The van der Waals surface area contributed by atoms with E-state index in [0.717, 1.165) is 96.7 Å². The second-order valence-electron chi connectivity index (χ2n) is 21.7. The Morgan fingerprint density at radius 1 is 0.370 bits per heavy atom. The monoisotopic (exact) mass is 1580 g/mol. The summed E-state index contributed by atoms with van der Waals surface area (Å²) in [5.74, 6) is -0.520. The van der Waals surface area contributed by atoms with Gasteiger partial charge in [0.15, 0.2) is 35.7 Å². The number of ketones is 4. The number of benzene rings is 10. The minimum absolute atomic E-state index is 0.0334. The number of nitrogens with one attached hydrogen (secondary N) is 1. The lowest BCUT2D eigenvalue weighted by molar-refractivity contribution is 0.0918. The maximum absolute atomic E-state index is 13.1. The van der Waals surface area contributed by atoms with E-state index in [1.54, 1.807) is 41.7 Å². The second kappa shape index (κ2) is 36.8. The highest BCUT2D eigenvalue weighted by molar-refractivity contribution is 9.12. The fourth-order valence-electron chi connectivity index (χ4n) is 10.4. The summed E-state index contributed by atoms with van der Waals surface area (Å²) in [5, 5.41) is 16.9. The van der Waals surface area contributed by atoms with Gasteiger partial charge in [-0.05, 0) is 228 Å². The number of nitrogens with zero attached hydrogens (tertiary/aromatic N) is 2. The van der Waals surface area contributed by atoms with E-state index < -0.39 is 0 Å². The molecule has 0 bridgehead atoms. The number of Topliss-reactive ketones (excluding diaryl/α,β-unsaturated/α-hetero) is 4. The van der Waals surface area contributed by atoms with Gasteiger partial charge in [0.1, 0.15) is 10.0 Å². The molecule has 0 unspecified atom stereocenters. The molecule has 0 saturated carbocycles. The molecule has 2 aliphatic rings. The SMILES string of the molecule is Brc1ccc(Br)s1.CCO.O=C1C(=Cc2ccc(N(c3ccccc3)c3ccccc3)s2)C(=O)c2cc3ccccc3cc21.O=C1CC(=O)c2cc3ccccc3cc21.O=Cc1ccc(Br)s1.O=Cc1ccc(N(c2ccccc2)c2ccccc2)s1.c1ccc(Nc2ccccc2)cc1. The van der Waals surface area contributed by atoms with Crippen LogP contribution in [0.25, 0.3) is 27.6 Å². The Kier molecular flexibility index (Phi) is 26.8. The minimum atomic E-state index is -0.205. The number of hydrogen-bond donors (Lipinski definition) is 2. The van der Waals surface area contributed by atoms with Crippen molar-refractivity contribution in [2.75, 3.05) is 21.7 Å². The third-order valence-corrected chi connectivity index (χ3v) is 20.6. The topological polar surface area (TPSA) is 141 Å². The van der Waals surface area contributed by atoms with Crippen molar-refractivity contribution in [1.29, 1.82) is 0 Å². The number of fused-ring (bicyclic) bond motifs is 4. The summed E-state index contributed by atoms with van der Waals surface area (Å²) in [5.41, 5.74) is 8.85. The van der Waals surface area contributed by atoms with E-state index in [1.807, 2.05) is 249 Å². The summed E-state index contributed by atoms with van der Waals surface area (Å²) in [6, 6.07) is 99.2. The van der Waals surface area contributed by atoms with Crippen LogP contribution in [0.5, 0.6) is 0 Å². The molecular weight excluding hydrogens is 1520 g/mol. The van der Waals surface area contributed by atoms with Gasteiger partial charge in [0, 0.05) is 67.9 Å². The smallest absolute Gasteiger partial charge is 0.197 e. The largest absolute Gasteiger partial charge is 0.397 e. The standard InChI is InChI=1S/C30H19NO2S.C17H13NOS.C13H8O2.C12H11N.C5H3BrOS.C4H2Br2S.C2H6O/c32-29-25-17-20-9-7-8-10-21(20)18-26(25)30(33)27(29)19-24-15-16-28(34-24)31(22-11-3-1-4-12-22)23-13-5-2-6-14-23;19-13-16-11-12-17(20-16)18(14-7-3-1-4-8-14)15-9-5-2-6-10-15;14-12-7-13(15)11-6-9-4-2-1-3-8(9)5-10(11)12;1-3-7-11(8-4-1)13-12-9-5-2-6-10-12;6-5-2-1-4(3-7)8-5;5-3-1-2-4(6)7-3;1-2-3/h1-19H;1-13H;1-6H,7H2;1-10,13H;1-3H;1-2H;3H,2H2,1H3. The Balaban J connectivity index is 0.000000140. The van der Waals surface area contributed by atoms with Crippen LogP contribution < -0.4 is 15.1 Å². The molecule has 0 spiro atoms. The molecule has 0 amide bonds. The molecule has 4 aromatic heterocycles. The van der Waals surface area contributed by atoms with Crippen molar-refractivity contribution in [3.8, 4) is 0 Å². The summed E-state index contributed by atoms with van der Waals surface area (Å²) >= 11 is 16.0. The first-order valence-electron chi connectivity index (χ1n) is 31.3. The van der Waals surface area contributed by atoms with Crippen LogP contribution in [-0.2, 0) is 0 Å². The molecule has 0 aliphatic heterocycles. The molecule has 0 fully saturated rings. The number of rotatable bonds is 11. The van der Waals surface area contributed by atoms with Crippen molar-refractivity contribution in [2.45, 2.75) is 13.3 Å². The van der Waals surface area contributed by atoms with Crippen LogP contribution in [0, 0.1) is 0 Å². The average molecular weight is 1580 g/mol. The number of para-hydroxylation sites is 6. The summed E-state index contributed by atoms with van der Waals surface area (Å²) in [6.45, 7) is 1.93. The van der Waals surface area contributed by atoms with Gasteiger partial charge in [-0.1, -0.05) is 158 Å². The Hall–Kier alpha value is -9.92. The molecular formula is C83H62Br3N3O7S4. The van der Waals surface area contributed by atoms with Crippen molar-refractivity contribution >= 4 is 201 Å². The predicted octanol–water partition coefficient (Wildman–Crippen LogP) is 24.5. The lowest BCUT2D eigenvalue weighted by Crippen LogP contribution is -2.07. The fraction of sp³-hybridized carbons (Fsp3) is 0.0361. The van der Waals surface area contributed by atoms with Gasteiger partial charge in [-0.2, -0.15) is 0 Å². The molecule has 4 heterocycles. The van der Waals surface area contributed by atoms with Crippen LogP contribution in [0.1, 0.15) is 79.0 Å². The van der Waals surface area contributed by atoms with Gasteiger partial charge in [-0.25, -0.2) is 0 Å². The van der Waals surface area contributed by atoms with E-state index >= 15 is 0 Å². The van der Waals surface area contributed by atoms with E-state index in [4.69, 9.17) is 5.11 Å². The number of aliphatic hydroxyl groups excluding tert-OH is 1. The number of carbonyl (C=O) groups excluding carboxylic acids is 6. The number of halogens is 3. The van der Waals surface area contributed by atoms with Gasteiger partial charge in [0.05, 0.1) is 33.1 Å². The molecule has 10 aromatic carbocycles. The highest BCUT2D eigenvalue weighted by Gasteiger charge is 2.34. The minimum Gasteiger partial charge on any atom is -0.397 e. The zero-order chi connectivity index (χ0) is 70.2. The number of aliphatic hydroxyl groups is 1. The van der Waals surface area contributed by atoms with E-state index in [2.05, 4.69) is 111 Å². The molecule has 0 radical (unpaired) electrons. The number of thiophene rings is 4. The predicted molar refractivity (Wildman–Crippen MR) is 427 cm³/mol. The zero-order valence-electron chi connectivity index (χ0n) is 53.6. The maximum Gasteiger partial charge on any atom is 0.197 e. The Bertz CT molecular complexity index is 4840. The van der Waals surface area contributed by atoms with Crippen LogP contribution >= 0.6 is 93.1 Å². The summed E-state index contributed by atoms with van der Waals surface area (Å²) < 4.78 is 3.33. The third-order valence-electron chi connectivity index (χ3n) is 14.9. The summed E-state index contributed by atoms with van der Waals surface area (Å²) in [7, 11) is 0. The van der Waals surface area contributed by atoms with Gasteiger partial charge < -0.3 is 20.2 Å². The summed E-state index contributed by atoms with van der Waals surface area (Å²) in [4.78, 5) is 76.9. The molecule has 496 valence electrons. The number of aldehydes is 2. The van der Waals surface area contributed by atoms with E-state index in [9.17, 15) is 28.8 Å². The Morgan fingerprint density at radius 2 is 0.660 bits per heavy atom. The van der Waals surface area contributed by atoms with E-state index in [-0.39, 0.29) is 41.7 Å². The lowest BCUT2D eigenvalue weighted by Gasteiger charge is -2.23. The van der Waals surface area contributed by atoms with Gasteiger partial charge in [-0.3, -0.25) is 28.8 Å². The Morgan fingerprint density at radius 3 is 0.970 bits per heavy atom. The van der Waals surface area contributed by atoms with E-state index in [1.165, 1.54) is 30.2 Å². The molecule has 14 aromatic rings. The number of hydrogen-bond acceptors (Lipinski definition) is 14. The van der Waals surface area contributed by atoms with Crippen molar-refractivity contribution in [1.82, 2.24) is 0 Å². The van der Waals surface area contributed by atoms with Gasteiger partial charge in [-0.15, -0.1) is 45.3 Å². The first-order chi connectivity index (χ1) is 48.8. The molecule has 0 atom stereocenters. The normalized spacial score (nSPS) is 11.4. The van der Waals surface area contributed by atoms with Crippen LogP contribution in [0.15, 0.2) is 320 Å². The highest BCUT2D eigenvalue weighted by atomic mass is 79.9. The first-order valence-corrected chi connectivity index (χ1v) is 36.9. The number of anilines is 8. The van der Waals surface area contributed by atoms with Gasteiger partial charge in [0.2, 0.25) is 0 Å². The molecule has 100 heavy (non-hydrogen) atoms. The fourth-order valence-corrected chi connectivity index (χ4v) is 15.9. The lowest BCUT2D eigenvalue weighted by atomic mass is 10.0. The van der Waals surface area contributed by atoms with Gasteiger partial charge >= 0.3 is 0 Å². The first kappa shape index (κ1) is 72.8. The van der Waals surface area contributed by atoms with Crippen molar-refractivity contribution in [3.63, 3.8) is 0 Å². The Labute approximate surface area is 621 Å². The van der Waals surface area contributed by atoms with Crippen molar-refractivity contribution in [3.05, 3.63) is 357 Å². The van der Waals surface area contributed by atoms with Gasteiger partial charge in [0.25, 0.3) is 0 Å². The molecule has 2 aliphatic carbocycles. The zero-order valence-corrected chi connectivity index (χ0v) is 61.6. The maximum atomic E-state index is 13.1. The average Bonchev–Trinajstić information content (AvgIpc) is 1.61. The van der Waals surface area contributed by atoms with Crippen molar-refractivity contribution in [2.24, 2.45) is 0 Å². The summed E-state index contributed by atoms with van der Waals surface area (Å²) in [6.07, 6.45) is 3.50. The van der Waals surface area contributed by atoms with Crippen LogP contribution in [-0.4, -0.2) is 47.4 Å². The molecule has 16 rings (SSSR count). The van der Waals surface area contributed by atoms with Crippen LogP contribution in [0.4, 0.5) is 44.1 Å². The van der Waals surface area contributed by atoms with Crippen molar-refractivity contribution < 1.29 is 33.9 Å². The second-order valence-corrected chi connectivity index (χ2v) is 30.2. The molecule has 17 heteroatoms. The molecule has 0 saturated heterocycles. The third kappa shape index (κ3) is 19.7. The van der Waals surface area contributed by atoms with Crippen LogP contribution in [0.2, 0.25) is 0 Å². The molecule has 10 nitrogen and oxygen atoms in total. The quantitative estimate of drug-likeness (QED) is 0.0556. The van der Waals surface area contributed by atoms with E-state index in [0.29, 0.717) is 22.3 Å². The van der Waals surface area contributed by atoms with Crippen LogP contribution in [0.3, 0.4) is 0 Å². The molecule has 2 N–H and O–H groups in total. The highest BCUT2D eigenvalue weighted by Crippen LogP contribution is 2.42. The number of allylic oxidation sites excluding steroid dienone is 1.